The number of amides is 3. The first-order valence-electron chi connectivity index (χ1n) is 15.0. The molecule has 0 unspecified atom stereocenters. The fraction of sp³-hybridized carbons (Fsp3) is 0.438. The number of esters is 1. The second kappa shape index (κ2) is 12.8. The number of aromatic nitrogens is 2. The van der Waals surface area contributed by atoms with Crippen molar-refractivity contribution in [1.82, 2.24) is 25.1 Å². The van der Waals surface area contributed by atoms with Crippen LogP contribution in [0.5, 0.6) is 11.5 Å². The summed E-state index contributed by atoms with van der Waals surface area (Å²) in [5, 5.41) is 15.3. The number of thiazole rings is 1. The highest BCUT2D eigenvalue weighted by Crippen LogP contribution is 2.46. The first kappa shape index (κ1) is 31.6. The SMILES string of the molecule is COC(=O)[C@@]12C[C@@H]1/C=C\CCCCN(C)C(=O)[C@@H]1C[C@H](Oc3cc(-c4nc(C#N)cs4)nc4c(Cl)c(OC)ccc34)CN1C(=O)N2. The Balaban J connectivity index is 1.35. The Morgan fingerprint density at radius 1 is 1.22 bits per heavy atom. The number of rotatable bonds is 5. The van der Waals surface area contributed by atoms with Gasteiger partial charge in [-0.15, -0.1) is 11.3 Å². The molecule has 2 aliphatic heterocycles. The van der Waals surface area contributed by atoms with Crippen molar-refractivity contribution in [2.24, 2.45) is 5.92 Å². The number of methoxy groups -OCH3 is 2. The number of ether oxygens (including phenoxy) is 3. The Labute approximate surface area is 274 Å². The van der Waals surface area contributed by atoms with Gasteiger partial charge in [-0.1, -0.05) is 23.8 Å². The van der Waals surface area contributed by atoms with Gasteiger partial charge >= 0.3 is 12.0 Å². The normalized spacial score (nSPS) is 25.5. The van der Waals surface area contributed by atoms with Crippen LogP contribution in [0.1, 0.15) is 37.8 Å². The second-order valence-electron chi connectivity index (χ2n) is 11.7. The molecule has 14 heteroatoms. The number of hydrogen-bond donors (Lipinski definition) is 1. The molecule has 0 spiro atoms. The molecule has 0 bridgehead atoms. The van der Waals surface area contributed by atoms with E-state index in [2.05, 4.69) is 10.3 Å². The molecule has 3 aromatic rings. The van der Waals surface area contributed by atoms with E-state index in [1.807, 2.05) is 18.2 Å². The first-order valence-corrected chi connectivity index (χ1v) is 16.2. The molecule has 3 amide bonds. The lowest BCUT2D eigenvalue weighted by molar-refractivity contribution is -0.144. The van der Waals surface area contributed by atoms with Gasteiger partial charge in [0.25, 0.3) is 0 Å². The van der Waals surface area contributed by atoms with Crippen LogP contribution in [0.25, 0.3) is 21.6 Å². The maximum atomic E-state index is 13.9. The standard InChI is InChI=1S/C32H33ClN6O6S/c1-38-11-7-5-4-6-8-18-14-32(18,30(41)44-3)37-31(42)39-16-20(12-23(39)29(38)40)45-25-13-22(28-35-19(15-34)17-46-28)36-27-21(25)9-10-24(43-2)26(27)33/h6,8-10,13,17-18,20,23H,4-5,7,11-12,14,16H2,1-3H3,(H,37,42)/b8-6-/t18-,20-,23-,32+/m0/s1. The summed E-state index contributed by atoms with van der Waals surface area (Å²) in [6.45, 7) is 0.642. The van der Waals surface area contributed by atoms with Gasteiger partial charge in [0, 0.05) is 42.8 Å². The lowest BCUT2D eigenvalue weighted by atomic mass is 10.1. The highest BCUT2D eigenvalue weighted by atomic mass is 35.5. The number of benzene rings is 1. The Bertz CT molecular complexity index is 1770. The maximum Gasteiger partial charge on any atom is 0.332 e. The van der Waals surface area contributed by atoms with E-state index in [-0.39, 0.29) is 35.5 Å². The average molecular weight is 665 g/mol. The van der Waals surface area contributed by atoms with Gasteiger partial charge in [0.05, 0.1) is 26.3 Å². The summed E-state index contributed by atoms with van der Waals surface area (Å²) in [7, 11) is 4.55. The molecule has 4 heterocycles. The van der Waals surface area contributed by atoms with E-state index in [0.29, 0.717) is 46.1 Å². The Morgan fingerprint density at radius 2 is 2.04 bits per heavy atom. The lowest BCUT2D eigenvalue weighted by Crippen LogP contribution is -2.55. The van der Waals surface area contributed by atoms with Gasteiger partial charge in [0.2, 0.25) is 5.91 Å². The molecule has 1 N–H and O–H groups in total. The van der Waals surface area contributed by atoms with E-state index in [0.717, 1.165) is 19.3 Å². The largest absolute Gasteiger partial charge is 0.495 e. The maximum absolute atomic E-state index is 13.9. The molecule has 1 aromatic carbocycles. The number of nitriles is 1. The minimum atomic E-state index is -1.17. The third-order valence-electron chi connectivity index (χ3n) is 8.76. The third-order valence-corrected chi connectivity index (χ3v) is 9.99. The summed E-state index contributed by atoms with van der Waals surface area (Å²) in [5.74, 6) is -0.0492. The van der Waals surface area contributed by atoms with Gasteiger partial charge in [-0.25, -0.2) is 19.6 Å². The van der Waals surface area contributed by atoms with Gasteiger partial charge < -0.3 is 29.3 Å². The number of carbonyl (C=O) groups excluding carboxylic acids is 3. The average Bonchev–Trinajstić information content (AvgIpc) is 3.36. The smallest absolute Gasteiger partial charge is 0.332 e. The van der Waals surface area contributed by atoms with Crippen molar-refractivity contribution in [2.45, 2.75) is 49.8 Å². The predicted molar refractivity (Wildman–Crippen MR) is 171 cm³/mol. The number of nitrogens with one attached hydrogen (secondary N) is 1. The highest BCUT2D eigenvalue weighted by Gasteiger charge is 2.62. The van der Waals surface area contributed by atoms with E-state index in [1.54, 1.807) is 35.5 Å². The third kappa shape index (κ3) is 5.83. The number of allylic oxidation sites excluding steroid dienone is 1. The van der Waals surface area contributed by atoms with Crippen molar-refractivity contribution in [3.63, 3.8) is 0 Å². The molecule has 240 valence electrons. The summed E-state index contributed by atoms with van der Waals surface area (Å²) in [6, 6.07) is 5.91. The molecule has 4 atom stereocenters. The topological polar surface area (TPSA) is 147 Å². The monoisotopic (exact) mass is 664 g/mol. The number of likely N-dealkylation sites (N-methyl/N-ethyl adjacent to an activating group) is 1. The van der Waals surface area contributed by atoms with Gasteiger partial charge in [-0.3, -0.25) is 4.79 Å². The van der Waals surface area contributed by atoms with Crippen LogP contribution in [-0.4, -0.2) is 89.7 Å². The summed E-state index contributed by atoms with van der Waals surface area (Å²) in [6.07, 6.45) is 6.57. The van der Waals surface area contributed by atoms with E-state index in [4.69, 9.17) is 30.8 Å². The molecule has 0 radical (unpaired) electrons. The Hall–Kier alpha value is -4.41. The molecular formula is C32H33ClN6O6S. The molecular weight excluding hydrogens is 632 g/mol. The molecule has 2 aromatic heterocycles. The first-order chi connectivity index (χ1) is 22.2. The van der Waals surface area contributed by atoms with Gasteiger partial charge in [-0.2, -0.15) is 5.26 Å². The van der Waals surface area contributed by atoms with Crippen molar-refractivity contribution in [2.75, 3.05) is 34.4 Å². The summed E-state index contributed by atoms with van der Waals surface area (Å²) < 4.78 is 17.1. The van der Waals surface area contributed by atoms with Crippen LogP contribution in [0.2, 0.25) is 5.02 Å². The molecule has 46 heavy (non-hydrogen) atoms. The summed E-state index contributed by atoms with van der Waals surface area (Å²) in [5.41, 5.74) is -0.0482. The number of urea groups is 1. The molecule has 12 nitrogen and oxygen atoms in total. The van der Waals surface area contributed by atoms with Gasteiger partial charge in [-0.05, 0) is 37.8 Å². The number of pyridine rings is 1. The number of nitrogens with zero attached hydrogens (tertiary/aromatic N) is 5. The van der Waals surface area contributed by atoms with Crippen molar-refractivity contribution in [1.29, 1.82) is 5.26 Å². The zero-order valence-corrected chi connectivity index (χ0v) is 27.2. The minimum absolute atomic E-state index is 0.0900. The molecule has 2 fully saturated rings. The Kier molecular flexibility index (Phi) is 8.76. The van der Waals surface area contributed by atoms with Crippen molar-refractivity contribution in [3.05, 3.63) is 46.4 Å². The fourth-order valence-electron chi connectivity index (χ4n) is 6.17. The minimum Gasteiger partial charge on any atom is -0.495 e. The molecule has 1 saturated carbocycles. The fourth-order valence-corrected chi connectivity index (χ4v) is 7.16. The van der Waals surface area contributed by atoms with Crippen LogP contribution >= 0.6 is 22.9 Å². The highest BCUT2D eigenvalue weighted by molar-refractivity contribution is 7.13. The predicted octanol–water partition coefficient (Wildman–Crippen LogP) is 4.55. The van der Waals surface area contributed by atoms with Crippen molar-refractivity contribution in [3.8, 4) is 28.3 Å². The van der Waals surface area contributed by atoms with Crippen LogP contribution in [0.4, 0.5) is 4.79 Å². The van der Waals surface area contributed by atoms with Crippen LogP contribution in [0.15, 0.2) is 35.7 Å². The number of carbonyl (C=O) groups is 3. The van der Waals surface area contributed by atoms with Crippen LogP contribution in [0, 0.1) is 17.2 Å². The number of halogens is 1. The van der Waals surface area contributed by atoms with E-state index < -0.39 is 29.7 Å². The molecule has 1 saturated heterocycles. The lowest BCUT2D eigenvalue weighted by Gasteiger charge is -2.29. The van der Waals surface area contributed by atoms with E-state index in [9.17, 15) is 19.6 Å². The number of hydrogen-bond acceptors (Lipinski definition) is 10. The van der Waals surface area contributed by atoms with Crippen LogP contribution in [-0.2, 0) is 14.3 Å². The van der Waals surface area contributed by atoms with Gasteiger partial charge in [0.1, 0.15) is 51.0 Å². The number of fused-ring (bicyclic) bond motifs is 3. The second-order valence-corrected chi connectivity index (χ2v) is 12.9. The van der Waals surface area contributed by atoms with E-state index in [1.165, 1.54) is 30.5 Å². The van der Waals surface area contributed by atoms with Crippen LogP contribution in [0.3, 0.4) is 0 Å². The van der Waals surface area contributed by atoms with E-state index >= 15 is 0 Å². The summed E-state index contributed by atoms with van der Waals surface area (Å²) in [4.78, 5) is 52.7. The summed E-state index contributed by atoms with van der Waals surface area (Å²) >= 11 is 7.96. The van der Waals surface area contributed by atoms with Gasteiger partial charge in [0.15, 0.2) is 5.69 Å². The van der Waals surface area contributed by atoms with Crippen molar-refractivity contribution >= 4 is 51.7 Å². The molecule has 3 aliphatic rings. The quantitative estimate of drug-likeness (QED) is 0.306. The zero-order chi connectivity index (χ0) is 32.6. The zero-order valence-electron chi connectivity index (χ0n) is 25.6. The van der Waals surface area contributed by atoms with Crippen LogP contribution < -0.4 is 14.8 Å². The molecule has 6 rings (SSSR count). The molecule has 1 aliphatic carbocycles. The Morgan fingerprint density at radius 3 is 2.78 bits per heavy atom. The van der Waals surface area contributed by atoms with Crippen molar-refractivity contribution < 1.29 is 28.6 Å².